The molecule has 104 valence electrons. The maximum Gasteiger partial charge on any atom is 0.292 e. The monoisotopic (exact) mass is 265 g/mol. The van der Waals surface area contributed by atoms with Crippen LogP contribution in [-0.4, -0.2) is 34.6 Å². The summed E-state index contributed by atoms with van der Waals surface area (Å²) in [4.78, 5) is 12.5. The van der Waals surface area contributed by atoms with Gasteiger partial charge >= 0.3 is 0 Å². The van der Waals surface area contributed by atoms with Gasteiger partial charge in [0.2, 0.25) is 0 Å². The minimum atomic E-state index is -0.466. The van der Waals surface area contributed by atoms with Gasteiger partial charge in [0.05, 0.1) is 4.92 Å². The lowest BCUT2D eigenvalue weighted by atomic mass is 10.1. The van der Waals surface area contributed by atoms with Crippen molar-refractivity contribution >= 4 is 11.4 Å². The largest absolute Gasteiger partial charge is 0.396 e. The minimum absolute atomic E-state index is 0.0386. The molecule has 0 saturated carbocycles. The van der Waals surface area contributed by atoms with Crippen molar-refractivity contribution in [1.82, 2.24) is 4.90 Å². The fraction of sp³-hybridized carbons (Fsp3) is 0.538. The molecule has 2 rings (SSSR count). The molecule has 0 radical (unpaired) electrons. The molecule has 0 bridgehead atoms. The van der Waals surface area contributed by atoms with Crippen molar-refractivity contribution in [2.45, 2.75) is 19.4 Å². The van der Waals surface area contributed by atoms with E-state index in [1.165, 1.54) is 6.07 Å². The molecule has 0 spiro atoms. The predicted molar refractivity (Wildman–Crippen MR) is 72.6 cm³/mol. The first kappa shape index (κ1) is 13.8. The number of nitro groups is 1. The lowest BCUT2D eigenvalue weighted by molar-refractivity contribution is -0.383. The maximum atomic E-state index is 10.7. The quantitative estimate of drug-likeness (QED) is 0.476. The Morgan fingerprint density at radius 3 is 2.95 bits per heavy atom. The van der Waals surface area contributed by atoms with Crippen LogP contribution in [-0.2, 0) is 6.54 Å². The molecule has 1 unspecified atom stereocenters. The average Bonchev–Trinajstić information content (AvgIpc) is 2.76. The summed E-state index contributed by atoms with van der Waals surface area (Å²) < 4.78 is 0. The second kappa shape index (κ2) is 5.99. The Morgan fingerprint density at radius 1 is 1.53 bits per heavy atom. The van der Waals surface area contributed by atoms with Gasteiger partial charge in [-0.3, -0.25) is 15.0 Å². The number of likely N-dealkylation sites (tertiary alicyclic amines) is 1. The molecule has 0 aliphatic carbocycles. The Bertz CT molecular complexity index is 464. The van der Waals surface area contributed by atoms with E-state index in [0.29, 0.717) is 5.92 Å². The van der Waals surface area contributed by atoms with E-state index in [-0.39, 0.29) is 18.0 Å². The fourth-order valence-electron chi connectivity index (χ4n) is 2.60. The SMILES string of the molecule is Nc1cc(CN2CCC(CCO)C2)ccc1[N+](=O)[O-]. The molecular formula is C13H19N3O3. The molecule has 1 aliphatic rings. The van der Waals surface area contributed by atoms with Gasteiger partial charge in [0.1, 0.15) is 5.69 Å². The summed E-state index contributed by atoms with van der Waals surface area (Å²) in [6, 6.07) is 4.90. The van der Waals surface area contributed by atoms with Crippen molar-refractivity contribution in [2.24, 2.45) is 5.92 Å². The third kappa shape index (κ3) is 3.42. The number of hydrogen-bond acceptors (Lipinski definition) is 5. The first-order valence-electron chi connectivity index (χ1n) is 6.46. The second-order valence-electron chi connectivity index (χ2n) is 5.05. The van der Waals surface area contributed by atoms with Crippen LogP contribution in [0.5, 0.6) is 0 Å². The number of nitrogen functional groups attached to an aromatic ring is 1. The summed E-state index contributed by atoms with van der Waals surface area (Å²) in [7, 11) is 0. The van der Waals surface area contributed by atoms with Gasteiger partial charge in [0.25, 0.3) is 5.69 Å². The molecule has 1 aromatic rings. The van der Waals surface area contributed by atoms with Gasteiger partial charge in [-0.15, -0.1) is 0 Å². The van der Waals surface area contributed by atoms with Gasteiger partial charge in [-0.25, -0.2) is 0 Å². The topological polar surface area (TPSA) is 92.6 Å². The van der Waals surface area contributed by atoms with Crippen LogP contribution in [0.3, 0.4) is 0 Å². The molecule has 1 heterocycles. The number of benzene rings is 1. The number of aliphatic hydroxyl groups is 1. The normalized spacial score (nSPS) is 19.7. The van der Waals surface area contributed by atoms with Crippen molar-refractivity contribution in [2.75, 3.05) is 25.4 Å². The molecule has 1 aromatic carbocycles. The zero-order valence-electron chi connectivity index (χ0n) is 10.8. The van der Waals surface area contributed by atoms with Crippen molar-refractivity contribution in [1.29, 1.82) is 0 Å². The van der Waals surface area contributed by atoms with E-state index < -0.39 is 4.92 Å². The van der Waals surface area contributed by atoms with E-state index in [0.717, 1.165) is 38.0 Å². The second-order valence-corrected chi connectivity index (χ2v) is 5.05. The number of nitrogens with two attached hydrogens (primary N) is 1. The Balaban J connectivity index is 1.97. The number of nitrogens with zero attached hydrogens (tertiary/aromatic N) is 2. The highest BCUT2D eigenvalue weighted by Crippen LogP contribution is 2.25. The third-order valence-electron chi connectivity index (χ3n) is 3.60. The molecule has 6 nitrogen and oxygen atoms in total. The van der Waals surface area contributed by atoms with Crippen LogP contribution in [0.25, 0.3) is 0 Å². The van der Waals surface area contributed by atoms with E-state index in [2.05, 4.69) is 4.90 Å². The number of hydrogen-bond donors (Lipinski definition) is 2. The minimum Gasteiger partial charge on any atom is -0.396 e. The highest BCUT2D eigenvalue weighted by atomic mass is 16.6. The summed E-state index contributed by atoms with van der Waals surface area (Å²) in [6.45, 7) is 2.96. The van der Waals surface area contributed by atoms with Crippen LogP contribution < -0.4 is 5.73 Å². The predicted octanol–water partition coefficient (Wildman–Crippen LogP) is 1.38. The van der Waals surface area contributed by atoms with Gasteiger partial charge in [0.15, 0.2) is 0 Å². The van der Waals surface area contributed by atoms with Crippen molar-refractivity contribution in [3.05, 3.63) is 33.9 Å². The first-order chi connectivity index (χ1) is 9.10. The maximum absolute atomic E-state index is 10.7. The van der Waals surface area contributed by atoms with Crippen LogP contribution in [0, 0.1) is 16.0 Å². The number of anilines is 1. The smallest absolute Gasteiger partial charge is 0.292 e. The summed E-state index contributed by atoms with van der Waals surface area (Å²) in [5.74, 6) is 0.556. The summed E-state index contributed by atoms with van der Waals surface area (Å²) in [5.41, 5.74) is 6.85. The Labute approximate surface area is 112 Å². The molecule has 1 atom stereocenters. The zero-order valence-corrected chi connectivity index (χ0v) is 10.8. The van der Waals surface area contributed by atoms with Gasteiger partial charge in [-0.05, 0) is 36.9 Å². The Hall–Kier alpha value is -1.66. The lowest BCUT2D eigenvalue weighted by Gasteiger charge is -2.16. The Morgan fingerprint density at radius 2 is 2.32 bits per heavy atom. The summed E-state index contributed by atoms with van der Waals surface area (Å²) in [5, 5.41) is 19.6. The number of aliphatic hydroxyl groups excluding tert-OH is 1. The molecule has 19 heavy (non-hydrogen) atoms. The van der Waals surface area contributed by atoms with Crippen LogP contribution >= 0.6 is 0 Å². The Kier molecular flexibility index (Phi) is 4.34. The highest BCUT2D eigenvalue weighted by Gasteiger charge is 2.22. The summed E-state index contributed by atoms with van der Waals surface area (Å²) >= 11 is 0. The lowest BCUT2D eigenvalue weighted by Crippen LogP contribution is -2.20. The van der Waals surface area contributed by atoms with Gasteiger partial charge < -0.3 is 10.8 Å². The number of rotatable bonds is 5. The van der Waals surface area contributed by atoms with Gasteiger partial charge in [-0.1, -0.05) is 6.07 Å². The zero-order chi connectivity index (χ0) is 13.8. The van der Waals surface area contributed by atoms with Crippen LogP contribution in [0.1, 0.15) is 18.4 Å². The molecule has 1 fully saturated rings. The van der Waals surface area contributed by atoms with E-state index in [4.69, 9.17) is 10.8 Å². The van der Waals surface area contributed by atoms with Gasteiger partial charge in [0, 0.05) is 25.8 Å². The van der Waals surface area contributed by atoms with Gasteiger partial charge in [-0.2, -0.15) is 0 Å². The number of nitro benzene ring substituents is 1. The van der Waals surface area contributed by atoms with E-state index in [9.17, 15) is 10.1 Å². The van der Waals surface area contributed by atoms with Crippen molar-refractivity contribution in [3.8, 4) is 0 Å². The molecule has 6 heteroatoms. The molecule has 1 aliphatic heterocycles. The first-order valence-corrected chi connectivity index (χ1v) is 6.46. The highest BCUT2D eigenvalue weighted by molar-refractivity contribution is 5.59. The molecular weight excluding hydrogens is 246 g/mol. The fourth-order valence-corrected chi connectivity index (χ4v) is 2.60. The molecule has 0 amide bonds. The van der Waals surface area contributed by atoms with Crippen molar-refractivity contribution < 1.29 is 10.0 Å². The van der Waals surface area contributed by atoms with Crippen molar-refractivity contribution in [3.63, 3.8) is 0 Å². The van der Waals surface area contributed by atoms with Crippen LogP contribution in [0.2, 0.25) is 0 Å². The van der Waals surface area contributed by atoms with E-state index in [1.54, 1.807) is 12.1 Å². The molecule has 0 aromatic heterocycles. The average molecular weight is 265 g/mol. The van der Waals surface area contributed by atoms with Crippen LogP contribution in [0.15, 0.2) is 18.2 Å². The molecule has 3 N–H and O–H groups in total. The summed E-state index contributed by atoms with van der Waals surface area (Å²) in [6.07, 6.45) is 1.95. The van der Waals surface area contributed by atoms with Crippen LogP contribution in [0.4, 0.5) is 11.4 Å². The van der Waals surface area contributed by atoms with E-state index in [1.807, 2.05) is 0 Å². The van der Waals surface area contributed by atoms with E-state index >= 15 is 0 Å². The molecule has 1 saturated heterocycles. The third-order valence-corrected chi connectivity index (χ3v) is 3.60. The standard InChI is InChI=1S/C13H19N3O3/c14-12-7-11(1-2-13(12)16(18)19)9-15-5-3-10(8-15)4-6-17/h1-2,7,10,17H,3-6,8-9,14H2.